The van der Waals surface area contributed by atoms with Crippen molar-refractivity contribution in [3.05, 3.63) is 63.6 Å². The summed E-state index contributed by atoms with van der Waals surface area (Å²) < 4.78 is 5.73. The number of hydrogen-bond acceptors (Lipinski definition) is 4. The lowest BCUT2D eigenvalue weighted by atomic mass is 10.1. The van der Waals surface area contributed by atoms with E-state index in [2.05, 4.69) is 10.6 Å². The van der Waals surface area contributed by atoms with Crippen molar-refractivity contribution >= 4 is 35.1 Å². The fraction of sp³-hybridized carbons (Fsp3) is 0.333. The molecule has 3 rings (SSSR count). The Hall–Kier alpha value is -2.28. The molecule has 0 saturated carbocycles. The number of hydrogen-bond donors (Lipinski definition) is 3. The van der Waals surface area contributed by atoms with Gasteiger partial charge in [-0.15, -0.1) is 0 Å². The monoisotopic (exact) mass is 436 g/mol. The number of amides is 1. The fourth-order valence-corrected chi connectivity index (χ4v) is 3.67. The summed E-state index contributed by atoms with van der Waals surface area (Å²) in [6, 6.07) is 11.0. The number of rotatable bonds is 8. The molecule has 1 aliphatic rings. The largest absolute Gasteiger partial charge is 0.489 e. The second kappa shape index (κ2) is 9.96. The normalized spacial score (nSPS) is 17.0. The average Bonchev–Trinajstić information content (AvgIpc) is 3.23. The van der Waals surface area contributed by atoms with E-state index in [9.17, 15) is 14.7 Å². The van der Waals surface area contributed by atoms with Crippen LogP contribution in [-0.4, -0.2) is 35.6 Å². The van der Waals surface area contributed by atoms with Gasteiger partial charge >= 0.3 is 5.97 Å². The maximum absolute atomic E-state index is 12.2. The van der Waals surface area contributed by atoms with Gasteiger partial charge in [0, 0.05) is 22.0 Å². The van der Waals surface area contributed by atoms with E-state index in [-0.39, 0.29) is 25.0 Å². The molecule has 154 valence electrons. The predicted molar refractivity (Wildman–Crippen MR) is 112 cm³/mol. The number of benzene rings is 2. The molecule has 1 aliphatic heterocycles. The summed E-state index contributed by atoms with van der Waals surface area (Å²) >= 11 is 12.3. The molecule has 0 unspecified atom stereocenters. The van der Waals surface area contributed by atoms with Crippen molar-refractivity contribution in [2.45, 2.75) is 38.0 Å². The summed E-state index contributed by atoms with van der Waals surface area (Å²) in [6.45, 7) is 0.997. The van der Waals surface area contributed by atoms with E-state index < -0.39 is 12.0 Å². The van der Waals surface area contributed by atoms with E-state index in [4.69, 9.17) is 27.9 Å². The standard InChI is InChI=1S/C21H22Cl2N2O4/c22-16-3-1-4-17(23)15(16)12-29-14-8-6-13(7-9-14)11-19(21(27)28)25-20(26)18-5-2-10-24-18/h1,3-4,6-9,18-19,24H,2,5,10-12H2,(H,25,26)(H,27,28)/t18-,19-/m0/s1. The quantitative estimate of drug-likeness (QED) is 0.589. The molecule has 1 heterocycles. The van der Waals surface area contributed by atoms with Gasteiger partial charge in [-0.1, -0.05) is 41.4 Å². The molecule has 1 fully saturated rings. The highest BCUT2D eigenvalue weighted by Crippen LogP contribution is 2.26. The Morgan fingerprint density at radius 1 is 1.17 bits per heavy atom. The number of ether oxygens (including phenoxy) is 1. The molecule has 8 heteroatoms. The van der Waals surface area contributed by atoms with Crippen LogP contribution < -0.4 is 15.4 Å². The summed E-state index contributed by atoms with van der Waals surface area (Å²) in [7, 11) is 0. The summed E-state index contributed by atoms with van der Waals surface area (Å²) in [5, 5.41) is 16.2. The van der Waals surface area contributed by atoms with Gasteiger partial charge in [0.05, 0.1) is 6.04 Å². The van der Waals surface area contributed by atoms with Gasteiger partial charge in [0.15, 0.2) is 0 Å². The van der Waals surface area contributed by atoms with Crippen molar-refractivity contribution in [1.29, 1.82) is 0 Å². The molecule has 2 aromatic rings. The summed E-state index contributed by atoms with van der Waals surface area (Å²) in [6.07, 6.45) is 1.82. The number of aliphatic carboxylic acids is 1. The number of halogens is 2. The van der Waals surface area contributed by atoms with Crippen LogP contribution in [0.15, 0.2) is 42.5 Å². The second-order valence-corrected chi connectivity index (χ2v) is 7.70. The molecular formula is C21H22Cl2N2O4. The average molecular weight is 437 g/mol. The van der Waals surface area contributed by atoms with Crippen LogP contribution in [-0.2, 0) is 22.6 Å². The van der Waals surface area contributed by atoms with Crippen molar-refractivity contribution in [2.24, 2.45) is 0 Å². The lowest BCUT2D eigenvalue weighted by Crippen LogP contribution is -2.49. The Morgan fingerprint density at radius 2 is 1.86 bits per heavy atom. The minimum absolute atomic E-state index is 0.185. The molecule has 0 radical (unpaired) electrons. The third-order valence-corrected chi connectivity index (χ3v) is 5.51. The lowest BCUT2D eigenvalue weighted by molar-refractivity contribution is -0.142. The molecular weight excluding hydrogens is 415 g/mol. The van der Waals surface area contributed by atoms with E-state index >= 15 is 0 Å². The van der Waals surface area contributed by atoms with Gasteiger partial charge in [-0.3, -0.25) is 4.79 Å². The number of carboxylic acids is 1. The number of carbonyl (C=O) groups is 2. The summed E-state index contributed by atoms with van der Waals surface area (Å²) in [5.74, 6) is -0.729. The van der Waals surface area contributed by atoms with E-state index in [1.165, 1.54) is 0 Å². The molecule has 0 aromatic heterocycles. The number of carboxylic acid groups (broad SMARTS) is 1. The maximum Gasteiger partial charge on any atom is 0.326 e. The first-order valence-corrected chi connectivity index (χ1v) is 10.1. The van der Waals surface area contributed by atoms with Crippen LogP contribution in [0.5, 0.6) is 5.75 Å². The van der Waals surface area contributed by atoms with Crippen LogP contribution in [0.2, 0.25) is 10.0 Å². The van der Waals surface area contributed by atoms with Crippen LogP contribution in [0.1, 0.15) is 24.0 Å². The Balaban J connectivity index is 1.58. The highest BCUT2D eigenvalue weighted by atomic mass is 35.5. The highest BCUT2D eigenvalue weighted by Gasteiger charge is 2.27. The minimum atomic E-state index is -1.06. The molecule has 2 atom stereocenters. The van der Waals surface area contributed by atoms with Crippen LogP contribution in [0.25, 0.3) is 0 Å². The number of nitrogens with one attached hydrogen (secondary N) is 2. The van der Waals surface area contributed by atoms with Crippen molar-refractivity contribution in [1.82, 2.24) is 10.6 Å². The summed E-state index contributed by atoms with van der Waals surface area (Å²) in [4.78, 5) is 23.8. The van der Waals surface area contributed by atoms with E-state index in [1.54, 1.807) is 42.5 Å². The van der Waals surface area contributed by atoms with Gasteiger partial charge in [-0.2, -0.15) is 0 Å². The third-order valence-electron chi connectivity index (χ3n) is 4.80. The predicted octanol–water partition coefficient (Wildman–Crippen LogP) is 3.44. The maximum atomic E-state index is 12.2. The van der Waals surface area contributed by atoms with Crippen LogP contribution in [0.4, 0.5) is 0 Å². The topological polar surface area (TPSA) is 87.7 Å². The molecule has 2 aromatic carbocycles. The molecule has 0 aliphatic carbocycles. The van der Waals surface area contributed by atoms with Gasteiger partial charge in [-0.25, -0.2) is 4.79 Å². The zero-order chi connectivity index (χ0) is 20.8. The molecule has 1 saturated heterocycles. The van der Waals surface area contributed by atoms with Gasteiger partial charge in [0.2, 0.25) is 5.91 Å². The first kappa shape index (κ1) is 21.4. The fourth-order valence-electron chi connectivity index (χ4n) is 3.16. The summed E-state index contributed by atoms with van der Waals surface area (Å²) in [5.41, 5.74) is 1.48. The molecule has 0 spiro atoms. The first-order valence-electron chi connectivity index (χ1n) is 9.35. The van der Waals surface area contributed by atoms with E-state index in [0.29, 0.717) is 21.4 Å². The Kier molecular flexibility index (Phi) is 7.36. The van der Waals surface area contributed by atoms with Crippen LogP contribution >= 0.6 is 23.2 Å². The first-order chi connectivity index (χ1) is 13.9. The zero-order valence-corrected chi connectivity index (χ0v) is 17.2. The molecule has 3 N–H and O–H groups in total. The zero-order valence-electron chi connectivity index (χ0n) is 15.7. The molecule has 0 bridgehead atoms. The lowest BCUT2D eigenvalue weighted by Gasteiger charge is -2.18. The second-order valence-electron chi connectivity index (χ2n) is 6.89. The van der Waals surface area contributed by atoms with Crippen molar-refractivity contribution in [3.8, 4) is 5.75 Å². The van der Waals surface area contributed by atoms with Gasteiger partial charge in [0.25, 0.3) is 0 Å². The molecule has 1 amide bonds. The smallest absolute Gasteiger partial charge is 0.326 e. The van der Waals surface area contributed by atoms with Crippen LogP contribution in [0.3, 0.4) is 0 Å². The SMILES string of the molecule is O=C(O)[C@H](Cc1ccc(OCc2c(Cl)cccc2Cl)cc1)NC(=O)[C@@H]1CCCN1. The van der Waals surface area contributed by atoms with Crippen molar-refractivity contribution in [3.63, 3.8) is 0 Å². The van der Waals surface area contributed by atoms with Crippen LogP contribution in [0, 0.1) is 0 Å². The highest BCUT2D eigenvalue weighted by molar-refractivity contribution is 6.35. The molecule has 29 heavy (non-hydrogen) atoms. The van der Waals surface area contributed by atoms with E-state index in [0.717, 1.165) is 24.9 Å². The molecule has 6 nitrogen and oxygen atoms in total. The van der Waals surface area contributed by atoms with Crippen molar-refractivity contribution in [2.75, 3.05) is 6.54 Å². The third kappa shape index (κ3) is 5.85. The van der Waals surface area contributed by atoms with Gasteiger partial charge < -0.3 is 20.5 Å². The van der Waals surface area contributed by atoms with Gasteiger partial charge in [0.1, 0.15) is 18.4 Å². The minimum Gasteiger partial charge on any atom is -0.489 e. The number of carbonyl (C=O) groups excluding carboxylic acids is 1. The Bertz CT molecular complexity index is 847. The van der Waals surface area contributed by atoms with E-state index in [1.807, 2.05) is 0 Å². The Labute approximate surface area is 179 Å². The van der Waals surface area contributed by atoms with Crippen molar-refractivity contribution < 1.29 is 19.4 Å². The Morgan fingerprint density at radius 3 is 2.45 bits per heavy atom. The van der Waals surface area contributed by atoms with Gasteiger partial charge in [-0.05, 0) is 49.2 Å².